The maximum atomic E-state index is 14.6. The Morgan fingerprint density at radius 2 is 1.86 bits per heavy atom. The van der Waals surface area contributed by atoms with E-state index in [0.29, 0.717) is 30.4 Å². The molecule has 3 aromatic heterocycles. The van der Waals surface area contributed by atoms with Crippen LogP contribution in [0.5, 0.6) is 5.75 Å². The van der Waals surface area contributed by atoms with Crippen LogP contribution in [0.4, 0.5) is 19.5 Å². The summed E-state index contributed by atoms with van der Waals surface area (Å²) >= 11 is 1.39. The lowest BCUT2D eigenvalue weighted by molar-refractivity contribution is -0.275. The van der Waals surface area contributed by atoms with Crippen molar-refractivity contribution < 1.29 is 28.2 Å². The number of anilines is 1. The van der Waals surface area contributed by atoms with E-state index in [1.54, 1.807) is 16.5 Å². The summed E-state index contributed by atoms with van der Waals surface area (Å²) in [5, 5.41) is 16.3. The Hall–Kier alpha value is -3.06. The molecule has 2 atom stereocenters. The third kappa shape index (κ3) is 4.34. The van der Waals surface area contributed by atoms with E-state index in [0.717, 1.165) is 20.3 Å². The largest absolute Gasteiger partial charge is 0.444 e. The number of amides is 1. The number of piperazine rings is 1. The molecular weight excluding hydrogens is 494 g/mol. The monoisotopic (exact) mass is 522 g/mol. The molecule has 6 heterocycles. The number of piperidine rings is 1. The van der Waals surface area contributed by atoms with Crippen LogP contribution in [-0.4, -0.2) is 78.2 Å². The molecule has 1 N–H and O–H groups in total. The second-order valence-electron chi connectivity index (χ2n) is 10.6. The highest BCUT2D eigenvalue weighted by Gasteiger charge is 2.50. The van der Waals surface area contributed by atoms with Gasteiger partial charge in [0.1, 0.15) is 5.60 Å². The molecule has 3 fully saturated rings. The molecule has 2 bridgehead atoms. The zero-order valence-electron chi connectivity index (χ0n) is 20.6. The van der Waals surface area contributed by atoms with Crippen LogP contribution in [0.1, 0.15) is 41.0 Å². The first-order chi connectivity index (χ1) is 16.7. The summed E-state index contributed by atoms with van der Waals surface area (Å²) in [5.41, 5.74) is -0.101. The van der Waals surface area contributed by atoms with Crippen molar-refractivity contribution in [2.45, 2.75) is 70.4 Å². The van der Waals surface area contributed by atoms with Crippen LogP contribution in [0.3, 0.4) is 0 Å². The molecule has 10 nitrogen and oxygen atoms in total. The van der Waals surface area contributed by atoms with Crippen molar-refractivity contribution in [3.63, 3.8) is 0 Å². The number of pyridine rings is 1. The molecule has 36 heavy (non-hydrogen) atoms. The molecule has 194 valence electrons. The van der Waals surface area contributed by atoms with Gasteiger partial charge in [0.15, 0.2) is 11.4 Å². The van der Waals surface area contributed by atoms with Gasteiger partial charge in [-0.2, -0.15) is 13.8 Å². The lowest BCUT2D eigenvalue weighted by Crippen LogP contribution is -2.70. The van der Waals surface area contributed by atoms with E-state index in [2.05, 4.69) is 15.1 Å². The van der Waals surface area contributed by atoms with Gasteiger partial charge in [-0.25, -0.2) is 14.3 Å². The quantitative estimate of drug-likeness (QED) is 0.540. The van der Waals surface area contributed by atoms with Crippen LogP contribution in [0.25, 0.3) is 17.0 Å². The van der Waals surface area contributed by atoms with E-state index >= 15 is 0 Å². The zero-order valence-corrected chi connectivity index (χ0v) is 21.4. The number of halogens is 2. The topological polar surface area (TPSA) is 105 Å². The summed E-state index contributed by atoms with van der Waals surface area (Å²) in [7, 11) is 0. The smallest absolute Gasteiger partial charge is 0.426 e. The highest BCUT2D eigenvalue weighted by atomic mass is 32.1. The molecule has 3 aromatic rings. The number of carbonyl (C=O) groups is 1. The number of aliphatic hydroxyl groups is 1. The fraction of sp³-hybridized carbons (Fsp3) is 0.565. The van der Waals surface area contributed by atoms with Crippen LogP contribution < -0.4 is 9.64 Å². The second kappa shape index (κ2) is 8.23. The van der Waals surface area contributed by atoms with Gasteiger partial charge in [0.2, 0.25) is 11.6 Å². The van der Waals surface area contributed by atoms with Crippen molar-refractivity contribution in [1.29, 1.82) is 0 Å². The predicted molar refractivity (Wildman–Crippen MR) is 128 cm³/mol. The summed E-state index contributed by atoms with van der Waals surface area (Å²) in [4.78, 5) is 25.1. The van der Waals surface area contributed by atoms with Gasteiger partial charge in [0, 0.05) is 18.5 Å². The van der Waals surface area contributed by atoms with E-state index in [1.165, 1.54) is 21.9 Å². The highest BCUT2D eigenvalue weighted by Crippen LogP contribution is 2.38. The minimum Gasteiger partial charge on any atom is -0.444 e. The Bertz CT molecular complexity index is 1270. The Morgan fingerprint density at radius 1 is 1.17 bits per heavy atom. The van der Waals surface area contributed by atoms with E-state index < -0.39 is 17.3 Å². The number of ether oxygens (including phenoxy) is 2. The van der Waals surface area contributed by atoms with Crippen LogP contribution in [0, 0.1) is 0 Å². The number of hydrogen-bond acceptors (Lipinski definition) is 9. The van der Waals surface area contributed by atoms with Crippen molar-refractivity contribution in [1.82, 2.24) is 24.5 Å². The van der Waals surface area contributed by atoms with E-state index in [1.807, 2.05) is 31.1 Å². The molecular formula is C23H28F2N6O4S. The first-order valence-electron chi connectivity index (χ1n) is 11.6. The number of alkyl halides is 2. The molecule has 0 radical (unpaired) electrons. The summed E-state index contributed by atoms with van der Waals surface area (Å²) in [5.74, 6) is 0.102. The molecule has 3 saturated heterocycles. The van der Waals surface area contributed by atoms with Gasteiger partial charge in [-0.15, -0.1) is 16.4 Å². The van der Waals surface area contributed by atoms with Crippen LogP contribution >= 0.6 is 11.3 Å². The summed E-state index contributed by atoms with van der Waals surface area (Å²) in [6.07, 6.45) is -3.37. The predicted octanol–water partition coefficient (Wildman–Crippen LogP) is 3.79. The van der Waals surface area contributed by atoms with Gasteiger partial charge in [-0.1, -0.05) is 0 Å². The third-order valence-corrected chi connectivity index (χ3v) is 6.75. The average molecular weight is 523 g/mol. The summed E-state index contributed by atoms with van der Waals surface area (Å²) < 4.78 is 41.1. The number of carbonyl (C=O) groups excluding carboxylic acids is 1. The Morgan fingerprint density at radius 3 is 2.44 bits per heavy atom. The fourth-order valence-corrected chi connectivity index (χ4v) is 4.87. The van der Waals surface area contributed by atoms with E-state index in [-0.39, 0.29) is 29.6 Å². The molecule has 0 aliphatic carbocycles. The average Bonchev–Trinajstić information content (AvgIpc) is 3.42. The highest BCUT2D eigenvalue weighted by molar-refractivity contribution is 7.07. The Balaban J connectivity index is 1.46. The maximum absolute atomic E-state index is 14.6. The molecule has 0 aromatic carbocycles. The lowest BCUT2D eigenvalue weighted by Gasteiger charge is -2.55. The molecule has 1 amide bonds. The van der Waals surface area contributed by atoms with Gasteiger partial charge in [0.05, 0.1) is 29.0 Å². The SMILES string of the molecule is CC(C)(C)OC(=O)N1C2CC1CN(c1nc3c(OC(F)(F)C(C)(C)O)ccc(-c4cscn4)n3n1)C2. The fourth-order valence-electron chi connectivity index (χ4n) is 4.32. The lowest BCUT2D eigenvalue weighted by atomic mass is 9.88. The number of rotatable bonds is 5. The normalized spacial score (nSPS) is 20.4. The van der Waals surface area contributed by atoms with Crippen LogP contribution in [0.2, 0.25) is 0 Å². The van der Waals surface area contributed by atoms with E-state index in [4.69, 9.17) is 9.47 Å². The van der Waals surface area contributed by atoms with Gasteiger partial charge in [0.25, 0.3) is 0 Å². The summed E-state index contributed by atoms with van der Waals surface area (Å²) in [6.45, 7) is 8.39. The molecule has 6 rings (SSSR count). The molecule has 0 spiro atoms. The second-order valence-corrected chi connectivity index (χ2v) is 11.3. The number of thiazole rings is 1. The van der Waals surface area contributed by atoms with Crippen molar-refractivity contribution in [2.75, 3.05) is 18.0 Å². The first kappa shape index (κ1) is 24.6. The molecule has 2 unspecified atom stereocenters. The minimum absolute atomic E-state index is 0.0570. The van der Waals surface area contributed by atoms with Crippen LogP contribution in [0.15, 0.2) is 23.0 Å². The van der Waals surface area contributed by atoms with Crippen molar-refractivity contribution >= 4 is 29.0 Å². The number of fused-ring (bicyclic) bond motifs is 3. The minimum atomic E-state index is -3.87. The van der Waals surface area contributed by atoms with Gasteiger partial charge >= 0.3 is 12.2 Å². The summed E-state index contributed by atoms with van der Waals surface area (Å²) in [6, 6.07) is 2.84. The molecule has 13 heteroatoms. The van der Waals surface area contributed by atoms with Crippen molar-refractivity contribution in [2.24, 2.45) is 0 Å². The number of aromatic nitrogens is 4. The van der Waals surface area contributed by atoms with E-state index in [9.17, 15) is 18.7 Å². The van der Waals surface area contributed by atoms with Crippen LogP contribution in [-0.2, 0) is 4.74 Å². The van der Waals surface area contributed by atoms with Gasteiger partial charge in [-0.05, 0) is 53.2 Å². The maximum Gasteiger partial charge on any atom is 0.426 e. The number of hydrogen-bond donors (Lipinski definition) is 1. The van der Waals surface area contributed by atoms with Crippen molar-refractivity contribution in [3.05, 3.63) is 23.0 Å². The van der Waals surface area contributed by atoms with Crippen molar-refractivity contribution in [3.8, 4) is 17.1 Å². The number of nitrogens with zero attached hydrogens (tertiary/aromatic N) is 6. The van der Waals surface area contributed by atoms with Gasteiger partial charge in [-0.3, -0.25) is 4.90 Å². The molecule has 3 aliphatic rings. The molecule has 3 aliphatic heterocycles. The molecule has 0 saturated carbocycles. The Kier molecular flexibility index (Phi) is 5.63. The zero-order chi connectivity index (χ0) is 26.0. The third-order valence-electron chi connectivity index (χ3n) is 6.16. The standard InChI is InChI=1S/C23H28F2N6O4S/c1-21(2,3)35-20(32)30-13-8-14(30)10-29(9-13)19-27-18-17(34-23(24,25)22(4,5)33)7-6-16(31(18)28-19)15-11-36-12-26-15/h6-7,11-14,33H,8-10H2,1-5H3. The first-order valence-corrected chi connectivity index (χ1v) is 12.5. The van der Waals surface area contributed by atoms with Gasteiger partial charge < -0.3 is 19.5 Å². The Labute approximate surface area is 210 Å².